The highest BCUT2D eigenvalue weighted by atomic mass is 19.1. The lowest BCUT2D eigenvalue weighted by molar-refractivity contribution is -0.154. The molecule has 6 heteroatoms. The number of rotatable bonds is 7. The van der Waals surface area contributed by atoms with E-state index in [-0.39, 0.29) is 6.04 Å². The second kappa shape index (κ2) is 8.82. The summed E-state index contributed by atoms with van der Waals surface area (Å²) in [7, 11) is 0. The Hall–Kier alpha value is -2.89. The topological polar surface area (TPSA) is 64.6 Å². The molecule has 132 valence electrons. The van der Waals surface area contributed by atoms with Crippen LogP contribution >= 0.6 is 0 Å². The maximum absolute atomic E-state index is 12.8. The van der Waals surface area contributed by atoms with Gasteiger partial charge < -0.3 is 14.8 Å². The van der Waals surface area contributed by atoms with Gasteiger partial charge in [-0.1, -0.05) is 30.3 Å². The van der Waals surface area contributed by atoms with Gasteiger partial charge in [0.2, 0.25) is 0 Å². The first-order chi connectivity index (χ1) is 12.0. The summed E-state index contributed by atoms with van der Waals surface area (Å²) in [5.74, 6) is -1.13. The van der Waals surface area contributed by atoms with Crippen LogP contribution in [0.5, 0.6) is 5.75 Å². The van der Waals surface area contributed by atoms with Crippen LogP contribution in [0, 0.1) is 5.82 Å². The quantitative estimate of drug-likeness (QED) is 0.784. The SMILES string of the molecule is C[C@H](NC(=O)COC(=O)[C@@H](C)Oc1ccc(F)cc1)c1ccccc1. The third-order valence-corrected chi connectivity index (χ3v) is 3.48. The van der Waals surface area contributed by atoms with Crippen molar-refractivity contribution >= 4 is 11.9 Å². The Bertz CT molecular complexity index is 703. The number of ether oxygens (including phenoxy) is 2. The lowest BCUT2D eigenvalue weighted by Crippen LogP contribution is -2.34. The predicted octanol–water partition coefficient (Wildman–Crippen LogP) is 3.01. The van der Waals surface area contributed by atoms with Gasteiger partial charge in [0.05, 0.1) is 6.04 Å². The number of hydrogen-bond acceptors (Lipinski definition) is 4. The van der Waals surface area contributed by atoms with Gasteiger partial charge in [0.15, 0.2) is 12.7 Å². The lowest BCUT2D eigenvalue weighted by Gasteiger charge is -2.16. The van der Waals surface area contributed by atoms with E-state index in [1.807, 2.05) is 37.3 Å². The molecule has 1 amide bonds. The fourth-order valence-electron chi connectivity index (χ4n) is 2.13. The minimum atomic E-state index is -0.912. The minimum absolute atomic E-state index is 0.194. The van der Waals surface area contributed by atoms with Crippen molar-refractivity contribution in [3.05, 3.63) is 66.0 Å². The Morgan fingerprint density at radius 1 is 1.04 bits per heavy atom. The number of nitrogens with one attached hydrogen (secondary N) is 1. The Morgan fingerprint density at radius 2 is 1.68 bits per heavy atom. The monoisotopic (exact) mass is 345 g/mol. The molecule has 0 fully saturated rings. The number of halogens is 1. The van der Waals surface area contributed by atoms with Crippen molar-refractivity contribution in [3.8, 4) is 5.75 Å². The molecule has 0 aliphatic heterocycles. The van der Waals surface area contributed by atoms with Gasteiger partial charge >= 0.3 is 5.97 Å². The van der Waals surface area contributed by atoms with Crippen molar-refractivity contribution in [2.75, 3.05) is 6.61 Å². The van der Waals surface area contributed by atoms with Crippen LogP contribution in [-0.4, -0.2) is 24.6 Å². The molecule has 2 aromatic carbocycles. The van der Waals surface area contributed by atoms with Gasteiger partial charge in [-0.05, 0) is 43.7 Å². The molecule has 0 heterocycles. The molecule has 25 heavy (non-hydrogen) atoms. The van der Waals surface area contributed by atoms with Gasteiger partial charge in [0.25, 0.3) is 5.91 Å². The summed E-state index contributed by atoms with van der Waals surface area (Å²) in [5.41, 5.74) is 0.954. The molecule has 2 aromatic rings. The zero-order chi connectivity index (χ0) is 18.2. The molecule has 0 bridgehead atoms. The van der Waals surface area contributed by atoms with Crippen LogP contribution in [0.2, 0.25) is 0 Å². The summed E-state index contributed by atoms with van der Waals surface area (Å²) in [5, 5.41) is 2.75. The highest BCUT2D eigenvalue weighted by Crippen LogP contribution is 2.14. The minimum Gasteiger partial charge on any atom is -0.479 e. The van der Waals surface area contributed by atoms with Crippen molar-refractivity contribution in [2.24, 2.45) is 0 Å². The number of benzene rings is 2. The van der Waals surface area contributed by atoms with Crippen LogP contribution in [-0.2, 0) is 14.3 Å². The van der Waals surface area contributed by atoms with Gasteiger partial charge in [-0.15, -0.1) is 0 Å². The standard InChI is InChI=1S/C19H20FNO4/c1-13(15-6-4-3-5-7-15)21-18(22)12-24-19(23)14(2)25-17-10-8-16(20)9-11-17/h3-11,13-14H,12H2,1-2H3,(H,21,22)/t13-,14+/m0/s1. The number of amides is 1. The van der Waals surface area contributed by atoms with E-state index < -0.39 is 30.4 Å². The van der Waals surface area contributed by atoms with E-state index in [1.165, 1.54) is 31.2 Å². The normalized spacial score (nSPS) is 12.8. The third-order valence-electron chi connectivity index (χ3n) is 3.48. The van der Waals surface area contributed by atoms with E-state index in [9.17, 15) is 14.0 Å². The van der Waals surface area contributed by atoms with Crippen LogP contribution in [0.25, 0.3) is 0 Å². The molecular weight excluding hydrogens is 325 g/mol. The highest BCUT2D eigenvalue weighted by molar-refractivity contribution is 5.82. The Labute approximate surface area is 145 Å². The average molecular weight is 345 g/mol. The molecule has 0 spiro atoms. The molecule has 1 N–H and O–H groups in total. The zero-order valence-electron chi connectivity index (χ0n) is 14.1. The molecule has 0 radical (unpaired) electrons. The molecule has 0 aromatic heterocycles. The summed E-state index contributed by atoms with van der Waals surface area (Å²) in [6.45, 7) is 2.94. The summed E-state index contributed by atoms with van der Waals surface area (Å²) >= 11 is 0. The predicted molar refractivity (Wildman–Crippen MR) is 90.4 cm³/mol. The molecule has 2 rings (SSSR count). The number of carbonyl (C=O) groups is 2. The zero-order valence-corrected chi connectivity index (χ0v) is 14.1. The average Bonchev–Trinajstić information content (AvgIpc) is 2.62. The first kappa shape index (κ1) is 18.4. The lowest BCUT2D eigenvalue weighted by atomic mass is 10.1. The number of esters is 1. The van der Waals surface area contributed by atoms with Crippen LogP contribution < -0.4 is 10.1 Å². The van der Waals surface area contributed by atoms with E-state index in [1.54, 1.807) is 0 Å². The molecule has 0 aliphatic carbocycles. The van der Waals surface area contributed by atoms with Crippen molar-refractivity contribution in [3.63, 3.8) is 0 Å². The van der Waals surface area contributed by atoms with Gasteiger partial charge in [0, 0.05) is 0 Å². The fraction of sp³-hybridized carbons (Fsp3) is 0.263. The van der Waals surface area contributed by atoms with Crippen LogP contribution in [0.3, 0.4) is 0 Å². The molecule has 2 atom stereocenters. The Balaban J connectivity index is 1.76. The van der Waals surface area contributed by atoms with E-state index in [4.69, 9.17) is 9.47 Å². The summed E-state index contributed by atoms with van der Waals surface area (Å²) in [4.78, 5) is 23.8. The third kappa shape index (κ3) is 5.91. The van der Waals surface area contributed by atoms with Gasteiger partial charge in [0.1, 0.15) is 11.6 Å². The fourth-order valence-corrected chi connectivity index (χ4v) is 2.13. The van der Waals surface area contributed by atoms with Crippen molar-refractivity contribution in [2.45, 2.75) is 26.0 Å². The van der Waals surface area contributed by atoms with Crippen molar-refractivity contribution in [1.82, 2.24) is 5.32 Å². The Kier molecular flexibility index (Phi) is 6.51. The second-order valence-electron chi connectivity index (χ2n) is 5.52. The van der Waals surface area contributed by atoms with Crippen molar-refractivity contribution in [1.29, 1.82) is 0 Å². The molecule has 5 nitrogen and oxygen atoms in total. The van der Waals surface area contributed by atoms with E-state index in [2.05, 4.69) is 5.32 Å². The number of hydrogen-bond donors (Lipinski definition) is 1. The first-order valence-electron chi connectivity index (χ1n) is 7.89. The highest BCUT2D eigenvalue weighted by Gasteiger charge is 2.18. The molecular formula is C19H20FNO4. The van der Waals surface area contributed by atoms with Gasteiger partial charge in [-0.2, -0.15) is 0 Å². The molecule has 0 unspecified atom stereocenters. The van der Waals surface area contributed by atoms with E-state index in [0.29, 0.717) is 5.75 Å². The Morgan fingerprint density at radius 3 is 2.32 bits per heavy atom. The van der Waals surface area contributed by atoms with E-state index >= 15 is 0 Å². The van der Waals surface area contributed by atoms with Gasteiger partial charge in [-0.3, -0.25) is 4.79 Å². The van der Waals surface area contributed by atoms with E-state index in [0.717, 1.165) is 5.56 Å². The molecule has 0 saturated heterocycles. The number of carbonyl (C=O) groups excluding carboxylic acids is 2. The smallest absolute Gasteiger partial charge is 0.347 e. The molecule has 0 aliphatic rings. The van der Waals surface area contributed by atoms with Crippen LogP contribution in [0.4, 0.5) is 4.39 Å². The largest absolute Gasteiger partial charge is 0.479 e. The summed E-state index contributed by atoms with van der Waals surface area (Å²) in [6.07, 6.45) is -0.912. The summed E-state index contributed by atoms with van der Waals surface area (Å²) < 4.78 is 23.1. The molecule has 0 saturated carbocycles. The van der Waals surface area contributed by atoms with Gasteiger partial charge in [-0.25, -0.2) is 9.18 Å². The maximum atomic E-state index is 12.8. The van der Waals surface area contributed by atoms with Crippen molar-refractivity contribution < 1.29 is 23.5 Å². The second-order valence-corrected chi connectivity index (χ2v) is 5.52. The van der Waals surface area contributed by atoms with Crippen LogP contribution in [0.15, 0.2) is 54.6 Å². The van der Waals surface area contributed by atoms with Crippen LogP contribution in [0.1, 0.15) is 25.5 Å². The first-order valence-corrected chi connectivity index (χ1v) is 7.89. The summed E-state index contributed by atoms with van der Waals surface area (Å²) in [6, 6.07) is 14.5. The maximum Gasteiger partial charge on any atom is 0.347 e.